The summed E-state index contributed by atoms with van der Waals surface area (Å²) in [6.45, 7) is 5.25. The second-order valence-corrected chi connectivity index (χ2v) is 6.13. The molecule has 24 heavy (non-hydrogen) atoms. The molecule has 4 rings (SSSR count). The van der Waals surface area contributed by atoms with E-state index in [1.807, 2.05) is 18.3 Å². The van der Waals surface area contributed by atoms with E-state index in [9.17, 15) is 0 Å². The first-order chi connectivity index (χ1) is 11.8. The minimum Gasteiger partial charge on any atom is -0.341 e. The van der Waals surface area contributed by atoms with Crippen LogP contribution in [0.25, 0.3) is 21.8 Å². The lowest BCUT2D eigenvalue weighted by molar-refractivity contribution is 0.827. The van der Waals surface area contributed by atoms with E-state index in [0.717, 1.165) is 17.8 Å². The second-order valence-electron chi connectivity index (χ2n) is 6.13. The first-order valence-electron chi connectivity index (χ1n) is 8.38. The average molecular weight is 312 g/mol. The van der Waals surface area contributed by atoms with Crippen molar-refractivity contribution in [3.05, 3.63) is 77.9 Å². The van der Waals surface area contributed by atoms with Crippen LogP contribution in [0.4, 0.5) is 5.69 Å². The number of aliphatic imine (C=N–C) groups is 1. The summed E-state index contributed by atoms with van der Waals surface area (Å²) in [5.41, 5.74) is 5.94. The zero-order valence-corrected chi connectivity index (χ0v) is 14.0. The van der Waals surface area contributed by atoms with Crippen LogP contribution in [0.1, 0.15) is 18.1 Å². The van der Waals surface area contributed by atoms with Gasteiger partial charge in [-0.05, 0) is 49.7 Å². The van der Waals surface area contributed by atoms with E-state index >= 15 is 0 Å². The predicted molar refractivity (Wildman–Crippen MR) is 104 cm³/mol. The highest BCUT2D eigenvalue weighted by atomic mass is 15.0. The molecule has 0 bridgehead atoms. The van der Waals surface area contributed by atoms with Gasteiger partial charge in [0.1, 0.15) is 0 Å². The van der Waals surface area contributed by atoms with Crippen LogP contribution >= 0.6 is 0 Å². The van der Waals surface area contributed by atoms with Crippen LogP contribution in [0.3, 0.4) is 0 Å². The van der Waals surface area contributed by atoms with Gasteiger partial charge in [0.25, 0.3) is 0 Å². The number of fused-ring (bicyclic) bond motifs is 3. The van der Waals surface area contributed by atoms with Crippen LogP contribution in [0.15, 0.2) is 71.7 Å². The highest BCUT2D eigenvalue weighted by Gasteiger charge is 2.08. The third kappa shape index (κ3) is 2.50. The van der Waals surface area contributed by atoms with Crippen molar-refractivity contribution >= 4 is 33.7 Å². The van der Waals surface area contributed by atoms with E-state index in [1.165, 1.54) is 27.4 Å². The van der Waals surface area contributed by atoms with Gasteiger partial charge in [0.15, 0.2) is 0 Å². The van der Waals surface area contributed by atoms with Crippen molar-refractivity contribution in [1.29, 1.82) is 0 Å². The van der Waals surface area contributed by atoms with Gasteiger partial charge in [0.2, 0.25) is 0 Å². The summed E-state index contributed by atoms with van der Waals surface area (Å²) >= 11 is 0. The number of hydrogen-bond acceptors (Lipinski definition) is 1. The third-order valence-electron chi connectivity index (χ3n) is 4.51. The number of aromatic nitrogens is 1. The molecular weight excluding hydrogens is 292 g/mol. The first kappa shape index (κ1) is 14.7. The highest BCUT2D eigenvalue weighted by molar-refractivity contribution is 6.09. The molecule has 3 aromatic carbocycles. The Morgan fingerprint density at radius 2 is 1.62 bits per heavy atom. The molecule has 1 heterocycles. The minimum atomic E-state index is 0.973. The molecule has 0 aliphatic heterocycles. The fourth-order valence-corrected chi connectivity index (χ4v) is 3.27. The number of para-hydroxylation sites is 1. The van der Waals surface area contributed by atoms with E-state index in [1.54, 1.807) is 0 Å². The van der Waals surface area contributed by atoms with Gasteiger partial charge in [-0.3, -0.25) is 4.99 Å². The Morgan fingerprint density at radius 3 is 2.42 bits per heavy atom. The van der Waals surface area contributed by atoms with Crippen LogP contribution in [0.5, 0.6) is 0 Å². The van der Waals surface area contributed by atoms with E-state index < -0.39 is 0 Å². The van der Waals surface area contributed by atoms with Crippen molar-refractivity contribution in [1.82, 2.24) is 4.57 Å². The lowest BCUT2D eigenvalue weighted by Crippen LogP contribution is -1.92. The molecule has 0 saturated carbocycles. The van der Waals surface area contributed by atoms with Gasteiger partial charge < -0.3 is 4.57 Å². The summed E-state index contributed by atoms with van der Waals surface area (Å²) in [6.07, 6.45) is 1.95. The van der Waals surface area contributed by atoms with Crippen molar-refractivity contribution in [2.45, 2.75) is 20.4 Å². The fraction of sp³-hybridized carbons (Fsp3) is 0.136. The maximum absolute atomic E-state index is 4.60. The van der Waals surface area contributed by atoms with Gasteiger partial charge >= 0.3 is 0 Å². The molecule has 0 aliphatic rings. The fourth-order valence-electron chi connectivity index (χ4n) is 3.27. The Kier molecular flexibility index (Phi) is 3.66. The molecule has 1 aromatic heterocycles. The molecular formula is C22H20N2. The summed E-state index contributed by atoms with van der Waals surface area (Å²) in [6, 6.07) is 23.5. The summed E-state index contributed by atoms with van der Waals surface area (Å²) in [4.78, 5) is 4.60. The predicted octanol–water partition coefficient (Wildman–Crippen LogP) is 5.87. The standard InChI is InChI=1S/C22H20N2/c1-3-24-21-7-5-4-6-19(21)20-14-17(10-13-22(20)24)15-23-18-11-8-16(2)9-12-18/h4-15H,3H2,1-2H3. The summed E-state index contributed by atoms with van der Waals surface area (Å²) in [5.74, 6) is 0. The monoisotopic (exact) mass is 312 g/mol. The Morgan fingerprint density at radius 1 is 0.875 bits per heavy atom. The van der Waals surface area contributed by atoms with Crippen molar-refractivity contribution in [3.63, 3.8) is 0 Å². The van der Waals surface area contributed by atoms with Crippen LogP contribution in [-0.2, 0) is 6.54 Å². The number of benzene rings is 3. The molecule has 0 fully saturated rings. The highest BCUT2D eigenvalue weighted by Crippen LogP contribution is 2.29. The topological polar surface area (TPSA) is 17.3 Å². The third-order valence-corrected chi connectivity index (χ3v) is 4.51. The Labute approximate surface area is 142 Å². The molecule has 2 nitrogen and oxygen atoms in total. The van der Waals surface area contributed by atoms with Crippen LogP contribution < -0.4 is 0 Å². The van der Waals surface area contributed by atoms with Crippen molar-refractivity contribution in [3.8, 4) is 0 Å². The minimum absolute atomic E-state index is 0.973. The van der Waals surface area contributed by atoms with E-state index in [-0.39, 0.29) is 0 Å². The van der Waals surface area contributed by atoms with Gasteiger partial charge in [-0.1, -0.05) is 42.0 Å². The smallest absolute Gasteiger partial charge is 0.0630 e. The Bertz CT molecular complexity index is 1040. The second kappa shape index (κ2) is 5.97. The lowest BCUT2D eigenvalue weighted by atomic mass is 10.1. The maximum Gasteiger partial charge on any atom is 0.0630 e. The van der Waals surface area contributed by atoms with E-state index in [0.29, 0.717) is 0 Å². The quantitative estimate of drug-likeness (QED) is 0.421. The molecule has 0 radical (unpaired) electrons. The van der Waals surface area contributed by atoms with Crippen LogP contribution in [-0.4, -0.2) is 10.8 Å². The maximum atomic E-state index is 4.60. The molecule has 0 N–H and O–H groups in total. The molecule has 0 atom stereocenters. The SMILES string of the molecule is CCn1c2ccccc2c2cc(C=Nc3ccc(C)cc3)ccc21. The lowest BCUT2D eigenvalue weighted by Gasteiger charge is -2.02. The molecule has 0 aliphatic carbocycles. The normalized spacial score (nSPS) is 11.8. The van der Waals surface area contributed by atoms with E-state index in [2.05, 4.69) is 78.0 Å². The Hall–Kier alpha value is -2.87. The number of nitrogens with zero attached hydrogens (tertiary/aromatic N) is 2. The zero-order chi connectivity index (χ0) is 16.5. The number of hydrogen-bond donors (Lipinski definition) is 0. The summed E-state index contributed by atoms with van der Waals surface area (Å²) < 4.78 is 2.37. The Balaban J connectivity index is 1.80. The number of aryl methyl sites for hydroxylation is 2. The van der Waals surface area contributed by atoms with Crippen molar-refractivity contribution < 1.29 is 0 Å². The molecule has 0 saturated heterocycles. The zero-order valence-electron chi connectivity index (χ0n) is 14.0. The molecule has 0 amide bonds. The van der Waals surface area contributed by atoms with Gasteiger partial charge in [-0.15, -0.1) is 0 Å². The summed E-state index contributed by atoms with van der Waals surface area (Å²) in [5, 5.41) is 2.60. The molecule has 118 valence electrons. The van der Waals surface area contributed by atoms with Gasteiger partial charge in [0, 0.05) is 34.6 Å². The van der Waals surface area contributed by atoms with Gasteiger partial charge in [0.05, 0.1) is 5.69 Å². The summed E-state index contributed by atoms with van der Waals surface area (Å²) in [7, 11) is 0. The van der Waals surface area contributed by atoms with E-state index in [4.69, 9.17) is 0 Å². The molecule has 0 spiro atoms. The largest absolute Gasteiger partial charge is 0.341 e. The molecule has 0 unspecified atom stereocenters. The van der Waals surface area contributed by atoms with Gasteiger partial charge in [-0.25, -0.2) is 0 Å². The average Bonchev–Trinajstić information content (AvgIpc) is 2.94. The van der Waals surface area contributed by atoms with Gasteiger partial charge in [-0.2, -0.15) is 0 Å². The molecule has 4 aromatic rings. The van der Waals surface area contributed by atoms with Crippen LogP contribution in [0, 0.1) is 6.92 Å². The van der Waals surface area contributed by atoms with Crippen molar-refractivity contribution in [2.75, 3.05) is 0 Å². The first-order valence-corrected chi connectivity index (χ1v) is 8.38. The number of rotatable bonds is 3. The van der Waals surface area contributed by atoms with Crippen molar-refractivity contribution in [2.24, 2.45) is 4.99 Å². The van der Waals surface area contributed by atoms with Crippen LogP contribution in [0.2, 0.25) is 0 Å². The molecule has 2 heteroatoms.